The van der Waals surface area contributed by atoms with E-state index in [0.717, 1.165) is 31.1 Å². The highest BCUT2D eigenvalue weighted by Crippen LogP contribution is 2.33. The Balaban J connectivity index is 0.00000341. The number of hydrogen-bond donors (Lipinski definition) is 2. The maximum Gasteiger partial charge on any atom is 0.228 e. The van der Waals surface area contributed by atoms with Crippen molar-refractivity contribution in [2.45, 2.75) is 46.1 Å². The minimum absolute atomic E-state index is 0. The van der Waals surface area contributed by atoms with Crippen molar-refractivity contribution < 1.29 is 9.26 Å². The lowest BCUT2D eigenvalue weighted by atomic mass is 9.78. The third-order valence-electron chi connectivity index (χ3n) is 5.26. The van der Waals surface area contributed by atoms with E-state index >= 15 is 0 Å². The van der Waals surface area contributed by atoms with Crippen LogP contribution in [-0.4, -0.2) is 48.9 Å². The summed E-state index contributed by atoms with van der Waals surface area (Å²) in [6.07, 6.45) is 3.14. The van der Waals surface area contributed by atoms with Crippen LogP contribution in [0.1, 0.15) is 39.5 Å². The van der Waals surface area contributed by atoms with Gasteiger partial charge in [0.05, 0.1) is 6.10 Å². The Kier molecular flexibility index (Phi) is 10.0. The van der Waals surface area contributed by atoms with Gasteiger partial charge in [-0.15, -0.1) is 24.0 Å². The number of guanidine groups is 1. The average molecular weight is 562 g/mol. The number of halogens is 2. The van der Waals surface area contributed by atoms with Crippen molar-refractivity contribution in [1.82, 2.24) is 20.8 Å². The van der Waals surface area contributed by atoms with Crippen molar-refractivity contribution in [3.8, 4) is 11.4 Å². The molecule has 0 amide bonds. The molecule has 172 valence electrons. The molecule has 31 heavy (non-hydrogen) atoms. The number of rotatable bonds is 6. The first-order chi connectivity index (χ1) is 14.4. The van der Waals surface area contributed by atoms with E-state index in [1.807, 2.05) is 24.3 Å². The number of nitrogens with one attached hydrogen (secondary N) is 2. The van der Waals surface area contributed by atoms with E-state index in [9.17, 15) is 0 Å². The van der Waals surface area contributed by atoms with Gasteiger partial charge in [0.25, 0.3) is 0 Å². The van der Waals surface area contributed by atoms with Crippen molar-refractivity contribution in [3.05, 3.63) is 35.2 Å². The third-order valence-corrected chi connectivity index (χ3v) is 5.51. The summed E-state index contributed by atoms with van der Waals surface area (Å²) in [4.78, 5) is 8.78. The van der Waals surface area contributed by atoms with Gasteiger partial charge in [-0.3, -0.25) is 4.99 Å². The van der Waals surface area contributed by atoms with E-state index < -0.39 is 0 Å². The summed E-state index contributed by atoms with van der Waals surface area (Å²) < 4.78 is 11.4. The van der Waals surface area contributed by atoms with Crippen LogP contribution >= 0.6 is 35.6 Å². The standard InChI is InChI=1S/C22H32ClN5O2.HI/c1-22(2,3)19-16(6-5-13-29-19)14-26-21(24-4)25-12-11-18-27-20(28-30-18)15-7-9-17(23)10-8-15;/h7-10,16,19H,5-6,11-14H2,1-4H3,(H2,24,25,26);1H. The summed E-state index contributed by atoms with van der Waals surface area (Å²) >= 11 is 5.92. The zero-order valence-electron chi connectivity index (χ0n) is 18.7. The highest BCUT2D eigenvalue weighted by atomic mass is 127. The zero-order valence-corrected chi connectivity index (χ0v) is 21.7. The number of hydrogen-bond acceptors (Lipinski definition) is 5. The highest BCUT2D eigenvalue weighted by Gasteiger charge is 2.35. The predicted octanol–water partition coefficient (Wildman–Crippen LogP) is 4.56. The second-order valence-corrected chi connectivity index (χ2v) is 9.14. The fourth-order valence-electron chi connectivity index (χ4n) is 3.82. The van der Waals surface area contributed by atoms with Crippen molar-refractivity contribution in [2.24, 2.45) is 16.3 Å². The molecule has 2 N–H and O–H groups in total. The van der Waals surface area contributed by atoms with Gasteiger partial charge in [-0.25, -0.2) is 0 Å². The molecule has 0 aliphatic carbocycles. The molecule has 0 radical (unpaired) electrons. The monoisotopic (exact) mass is 561 g/mol. The Morgan fingerprint density at radius 3 is 2.65 bits per heavy atom. The lowest BCUT2D eigenvalue weighted by Gasteiger charge is -2.40. The quantitative estimate of drug-likeness (QED) is 0.306. The maximum absolute atomic E-state index is 6.07. The van der Waals surface area contributed by atoms with Gasteiger partial charge in [-0.2, -0.15) is 4.98 Å². The lowest BCUT2D eigenvalue weighted by Crippen LogP contribution is -2.47. The van der Waals surface area contributed by atoms with Gasteiger partial charge < -0.3 is 19.9 Å². The molecule has 1 fully saturated rings. The molecule has 9 heteroatoms. The fourth-order valence-corrected chi connectivity index (χ4v) is 3.94. The van der Waals surface area contributed by atoms with Gasteiger partial charge in [0, 0.05) is 49.7 Å². The first-order valence-electron chi connectivity index (χ1n) is 10.5. The lowest BCUT2D eigenvalue weighted by molar-refractivity contribution is -0.0835. The SMILES string of the molecule is CN=C(NCCc1nc(-c2ccc(Cl)cc2)no1)NCC1CCCOC1C(C)(C)C.I. The molecule has 1 aliphatic rings. The van der Waals surface area contributed by atoms with E-state index in [4.69, 9.17) is 20.9 Å². The van der Waals surface area contributed by atoms with Crippen LogP contribution in [0.25, 0.3) is 11.4 Å². The normalized spacial score (nSPS) is 19.6. The second-order valence-electron chi connectivity index (χ2n) is 8.71. The van der Waals surface area contributed by atoms with Gasteiger partial charge in [0.1, 0.15) is 0 Å². The van der Waals surface area contributed by atoms with Crippen LogP contribution in [0.2, 0.25) is 5.02 Å². The van der Waals surface area contributed by atoms with E-state index in [1.54, 1.807) is 7.05 Å². The Labute approximate surface area is 206 Å². The molecule has 1 saturated heterocycles. The van der Waals surface area contributed by atoms with Crippen LogP contribution in [-0.2, 0) is 11.2 Å². The highest BCUT2D eigenvalue weighted by molar-refractivity contribution is 14.0. The molecule has 0 bridgehead atoms. The second kappa shape index (κ2) is 12.0. The predicted molar refractivity (Wildman–Crippen MR) is 135 cm³/mol. The van der Waals surface area contributed by atoms with Crippen LogP contribution in [0.15, 0.2) is 33.8 Å². The molecule has 3 rings (SSSR count). The number of nitrogens with zero attached hydrogens (tertiary/aromatic N) is 3. The fraction of sp³-hybridized carbons (Fsp3) is 0.591. The summed E-state index contributed by atoms with van der Waals surface area (Å²) in [5.41, 5.74) is 1.01. The third kappa shape index (κ3) is 7.61. The molecule has 0 saturated carbocycles. The van der Waals surface area contributed by atoms with Crippen molar-refractivity contribution in [1.29, 1.82) is 0 Å². The molecule has 2 aromatic rings. The molecule has 2 heterocycles. The van der Waals surface area contributed by atoms with E-state index in [-0.39, 0.29) is 35.5 Å². The molecular weight excluding hydrogens is 529 g/mol. The Bertz CT molecular complexity index is 835. The Morgan fingerprint density at radius 2 is 1.97 bits per heavy atom. The van der Waals surface area contributed by atoms with Crippen LogP contribution in [0.4, 0.5) is 0 Å². The summed E-state index contributed by atoms with van der Waals surface area (Å²) in [5.74, 6) is 2.38. The minimum atomic E-state index is 0. The van der Waals surface area contributed by atoms with E-state index in [1.165, 1.54) is 6.42 Å². The van der Waals surface area contributed by atoms with Crippen LogP contribution < -0.4 is 10.6 Å². The Morgan fingerprint density at radius 1 is 1.23 bits per heavy atom. The van der Waals surface area contributed by atoms with Crippen molar-refractivity contribution >= 4 is 41.5 Å². The van der Waals surface area contributed by atoms with Gasteiger partial charge in [-0.1, -0.05) is 37.5 Å². The first kappa shape index (κ1) is 25.9. The molecule has 0 spiro atoms. The van der Waals surface area contributed by atoms with Crippen molar-refractivity contribution in [2.75, 3.05) is 26.7 Å². The summed E-state index contributed by atoms with van der Waals surface area (Å²) in [6, 6.07) is 7.37. The molecule has 2 unspecified atom stereocenters. The van der Waals surface area contributed by atoms with Gasteiger partial charge in [0.15, 0.2) is 5.96 Å². The topological polar surface area (TPSA) is 84.6 Å². The zero-order chi connectivity index (χ0) is 21.6. The largest absolute Gasteiger partial charge is 0.377 e. The molecule has 1 aliphatic heterocycles. The van der Waals surface area contributed by atoms with Crippen LogP contribution in [0.5, 0.6) is 0 Å². The first-order valence-corrected chi connectivity index (χ1v) is 10.9. The van der Waals surface area contributed by atoms with E-state index in [0.29, 0.717) is 35.6 Å². The number of aliphatic imine (C=N–C) groups is 1. The number of ether oxygens (including phenoxy) is 1. The number of benzene rings is 1. The molecule has 2 atom stereocenters. The van der Waals surface area contributed by atoms with Gasteiger partial charge in [0.2, 0.25) is 11.7 Å². The summed E-state index contributed by atoms with van der Waals surface area (Å²) in [7, 11) is 1.78. The maximum atomic E-state index is 6.07. The summed E-state index contributed by atoms with van der Waals surface area (Å²) in [5, 5.41) is 11.5. The summed E-state index contributed by atoms with van der Waals surface area (Å²) in [6.45, 7) is 9.06. The minimum Gasteiger partial charge on any atom is -0.377 e. The smallest absolute Gasteiger partial charge is 0.228 e. The van der Waals surface area contributed by atoms with E-state index in [2.05, 4.69) is 46.5 Å². The van der Waals surface area contributed by atoms with Crippen LogP contribution in [0, 0.1) is 11.3 Å². The molecule has 7 nitrogen and oxygen atoms in total. The average Bonchev–Trinajstić information content (AvgIpc) is 3.19. The molecule has 1 aromatic carbocycles. The number of aromatic nitrogens is 2. The molecule has 1 aromatic heterocycles. The van der Waals surface area contributed by atoms with Crippen molar-refractivity contribution in [3.63, 3.8) is 0 Å². The van der Waals surface area contributed by atoms with Gasteiger partial charge >= 0.3 is 0 Å². The van der Waals surface area contributed by atoms with Crippen LogP contribution in [0.3, 0.4) is 0 Å². The molecular formula is C22H33ClIN5O2. The van der Waals surface area contributed by atoms with Gasteiger partial charge in [-0.05, 0) is 42.5 Å². The Hall–Kier alpha value is -1.39.